The number of ether oxygens (including phenoxy) is 4. The number of nitrogens with one attached hydrogen (secondary N) is 1. The van der Waals surface area contributed by atoms with Crippen LogP contribution < -0.4 is 15.8 Å². The summed E-state index contributed by atoms with van der Waals surface area (Å²) in [7, 11) is 0. The maximum Gasteiger partial charge on any atom is 0.278 e. The van der Waals surface area contributed by atoms with Crippen LogP contribution in [0.15, 0.2) is 66.1 Å². The van der Waals surface area contributed by atoms with Crippen molar-refractivity contribution in [3.8, 4) is 5.82 Å². The second-order valence-corrected chi connectivity index (χ2v) is 13.5. The number of rotatable bonds is 22. The summed E-state index contributed by atoms with van der Waals surface area (Å²) >= 11 is 0. The molecule has 0 radical (unpaired) electrons. The lowest BCUT2D eigenvalue weighted by Crippen LogP contribution is -2.49. The number of piperazine rings is 1. The molecule has 0 atom stereocenters. The fourth-order valence-corrected chi connectivity index (χ4v) is 5.92. The zero-order valence-electron chi connectivity index (χ0n) is 31.7. The van der Waals surface area contributed by atoms with E-state index in [9.17, 15) is 14.7 Å². The maximum atomic E-state index is 13.3. The summed E-state index contributed by atoms with van der Waals surface area (Å²) in [5, 5.41) is 14.1. The Kier molecular flexibility index (Phi) is 15.1. The second kappa shape index (κ2) is 20.1. The minimum absolute atomic E-state index is 0.0904. The van der Waals surface area contributed by atoms with Gasteiger partial charge in [-0.2, -0.15) is 4.98 Å². The quantitative estimate of drug-likeness (QED) is 0.0880. The van der Waals surface area contributed by atoms with Crippen molar-refractivity contribution in [3.05, 3.63) is 77.4 Å². The molecule has 1 fully saturated rings. The summed E-state index contributed by atoms with van der Waals surface area (Å²) in [5.41, 5.74) is 1.21. The van der Waals surface area contributed by atoms with Gasteiger partial charge in [0.1, 0.15) is 11.0 Å². The van der Waals surface area contributed by atoms with Crippen LogP contribution in [-0.2, 0) is 35.9 Å². The van der Waals surface area contributed by atoms with Gasteiger partial charge in [0.05, 0.1) is 64.9 Å². The number of unbranched alkanes of at least 4 members (excludes halogenated alkanes) is 1. The summed E-state index contributed by atoms with van der Waals surface area (Å²) in [6.45, 7) is 16.5. The first kappa shape index (κ1) is 40.5. The summed E-state index contributed by atoms with van der Waals surface area (Å²) in [5.74, 6) is 0.838. The van der Waals surface area contributed by atoms with Crippen LogP contribution in [0, 0.1) is 0 Å². The van der Waals surface area contributed by atoms with Crippen LogP contribution in [0.25, 0.3) is 16.9 Å². The van der Waals surface area contributed by atoms with Gasteiger partial charge in [0.15, 0.2) is 11.5 Å². The van der Waals surface area contributed by atoms with E-state index < -0.39 is 5.60 Å². The molecule has 0 saturated carbocycles. The van der Waals surface area contributed by atoms with Crippen LogP contribution in [-0.4, -0.2) is 119 Å². The van der Waals surface area contributed by atoms with Crippen LogP contribution in [0.2, 0.25) is 0 Å². The number of hydrogen-bond acceptors (Lipinski definition) is 12. The number of carbonyl (C=O) groups excluding carboxylic acids is 1. The van der Waals surface area contributed by atoms with E-state index in [1.807, 2.05) is 29.2 Å². The Morgan fingerprint density at radius 2 is 1.56 bits per heavy atom. The third-order valence-corrected chi connectivity index (χ3v) is 8.90. The SMILES string of the molecule is C=CCn1c(=O)c2cnc(Nc3ccc(N4CCN(C(=O)CCOCCOCCOCCOCCCC)CC4)cc3)nc2n1-c1cccc(C(C)(C)O)n1. The number of pyridine rings is 1. The largest absolute Gasteiger partial charge is 0.384 e. The zero-order chi connectivity index (χ0) is 38.3. The third-order valence-electron chi connectivity index (χ3n) is 8.90. The van der Waals surface area contributed by atoms with Crippen molar-refractivity contribution in [1.82, 2.24) is 29.2 Å². The number of amides is 1. The van der Waals surface area contributed by atoms with Gasteiger partial charge in [-0.1, -0.05) is 25.5 Å². The molecule has 292 valence electrons. The molecule has 0 spiro atoms. The molecular weight excluding hydrogens is 692 g/mol. The fourth-order valence-electron chi connectivity index (χ4n) is 5.92. The van der Waals surface area contributed by atoms with E-state index >= 15 is 0 Å². The van der Waals surface area contributed by atoms with Crippen molar-refractivity contribution in [1.29, 1.82) is 0 Å². The molecule has 1 aromatic carbocycles. The number of benzene rings is 1. The lowest BCUT2D eigenvalue weighted by molar-refractivity contribution is -0.132. The Labute approximate surface area is 316 Å². The first-order valence-corrected chi connectivity index (χ1v) is 18.7. The van der Waals surface area contributed by atoms with Gasteiger partial charge in [-0.25, -0.2) is 19.3 Å². The Morgan fingerprint density at radius 1 is 0.907 bits per heavy atom. The number of fused-ring (bicyclic) bond motifs is 1. The van der Waals surface area contributed by atoms with Crippen LogP contribution in [0.1, 0.15) is 45.7 Å². The Morgan fingerprint density at radius 3 is 2.19 bits per heavy atom. The fraction of sp³-hybridized carbons (Fsp3) is 0.513. The van der Waals surface area contributed by atoms with Gasteiger partial charge in [-0.05, 0) is 56.7 Å². The average molecular weight is 747 g/mol. The molecule has 4 aromatic rings. The molecule has 5 rings (SSSR count). The molecule has 0 aliphatic carbocycles. The van der Waals surface area contributed by atoms with Gasteiger partial charge < -0.3 is 39.2 Å². The number of aromatic nitrogens is 5. The lowest BCUT2D eigenvalue weighted by atomic mass is 10.1. The first-order valence-electron chi connectivity index (χ1n) is 18.7. The summed E-state index contributed by atoms with van der Waals surface area (Å²) < 4.78 is 25.2. The molecular formula is C39H54N8O7. The highest BCUT2D eigenvalue weighted by molar-refractivity contribution is 5.77. The molecule has 1 aliphatic heterocycles. The summed E-state index contributed by atoms with van der Waals surface area (Å²) in [4.78, 5) is 44.0. The monoisotopic (exact) mass is 746 g/mol. The van der Waals surface area contributed by atoms with Crippen molar-refractivity contribution in [2.75, 3.05) is 89.3 Å². The van der Waals surface area contributed by atoms with Crippen LogP contribution in [0.3, 0.4) is 0 Å². The average Bonchev–Trinajstić information content (AvgIpc) is 3.44. The molecule has 3 aromatic heterocycles. The van der Waals surface area contributed by atoms with E-state index in [1.165, 1.54) is 10.9 Å². The Balaban J connectivity index is 1.07. The van der Waals surface area contributed by atoms with Gasteiger partial charge in [0, 0.05) is 50.4 Å². The molecule has 1 amide bonds. The van der Waals surface area contributed by atoms with Crippen LogP contribution in [0.5, 0.6) is 0 Å². The third kappa shape index (κ3) is 11.2. The Bertz CT molecular complexity index is 1850. The minimum Gasteiger partial charge on any atom is -0.384 e. The number of carbonyl (C=O) groups is 1. The predicted octanol–water partition coefficient (Wildman–Crippen LogP) is 4.04. The smallest absolute Gasteiger partial charge is 0.278 e. The van der Waals surface area contributed by atoms with Crippen molar-refractivity contribution < 1.29 is 28.8 Å². The molecule has 0 unspecified atom stereocenters. The van der Waals surface area contributed by atoms with E-state index in [0.717, 1.165) is 43.9 Å². The number of aliphatic hydroxyl groups is 1. The van der Waals surface area contributed by atoms with Crippen LogP contribution >= 0.6 is 0 Å². The van der Waals surface area contributed by atoms with Gasteiger partial charge in [-0.15, -0.1) is 6.58 Å². The van der Waals surface area contributed by atoms with Gasteiger partial charge in [-0.3, -0.25) is 9.59 Å². The van der Waals surface area contributed by atoms with Crippen molar-refractivity contribution in [2.24, 2.45) is 0 Å². The highest BCUT2D eigenvalue weighted by Gasteiger charge is 2.23. The van der Waals surface area contributed by atoms with Crippen molar-refractivity contribution >= 4 is 34.3 Å². The van der Waals surface area contributed by atoms with E-state index in [-0.39, 0.29) is 18.0 Å². The van der Waals surface area contributed by atoms with E-state index in [1.54, 1.807) is 42.8 Å². The maximum absolute atomic E-state index is 13.3. The second-order valence-electron chi connectivity index (χ2n) is 13.5. The van der Waals surface area contributed by atoms with Gasteiger partial charge in [0.2, 0.25) is 11.9 Å². The van der Waals surface area contributed by atoms with Crippen LogP contribution in [0.4, 0.5) is 17.3 Å². The predicted molar refractivity (Wildman–Crippen MR) is 208 cm³/mol. The highest BCUT2D eigenvalue weighted by Crippen LogP contribution is 2.24. The molecule has 15 heteroatoms. The van der Waals surface area contributed by atoms with Gasteiger partial charge >= 0.3 is 0 Å². The van der Waals surface area contributed by atoms with E-state index in [0.29, 0.717) is 94.3 Å². The molecule has 1 aliphatic rings. The minimum atomic E-state index is -1.17. The van der Waals surface area contributed by atoms with Crippen molar-refractivity contribution in [2.45, 2.75) is 52.2 Å². The number of nitrogens with zero attached hydrogens (tertiary/aromatic N) is 7. The number of anilines is 3. The topological polar surface area (TPSA) is 158 Å². The van der Waals surface area contributed by atoms with Gasteiger partial charge in [0.25, 0.3) is 5.56 Å². The number of allylic oxidation sites excluding steroid dienone is 1. The zero-order valence-corrected chi connectivity index (χ0v) is 31.7. The molecule has 15 nitrogen and oxygen atoms in total. The normalized spacial score (nSPS) is 13.5. The van der Waals surface area contributed by atoms with E-state index in [4.69, 9.17) is 23.9 Å². The number of hydrogen-bond donors (Lipinski definition) is 2. The molecule has 0 bridgehead atoms. The van der Waals surface area contributed by atoms with E-state index in [2.05, 4.69) is 33.7 Å². The molecule has 54 heavy (non-hydrogen) atoms. The van der Waals surface area contributed by atoms with Crippen molar-refractivity contribution in [3.63, 3.8) is 0 Å². The summed E-state index contributed by atoms with van der Waals surface area (Å²) in [6, 6.07) is 13.2. The lowest BCUT2D eigenvalue weighted by Gasteiger charge is -2.36. The summed E-state index contributed by atoms with van der Waals surface area (Å²) in [6.07, 6.45) is 5.67. The Hall–Kier alpha value is -4.67. The first-order chi connectivity index (χ1) is 26.2. The molecule has 4 heterocycles. The molecule has 2 N–H and O–H groups in total. The molecule has 1 saturated heterocycles. The standard InChI is InChI=1S/C39H54N8O7/c1-5-7-21-51-23-25-53-27-28-54-26-24-52-22-15-35(48)45-19-17-44(18-20-45)31-13-11-30(12-14-31)41-38-40-29-32-36(43-38)47(46(16-6-2)37(32)49)34-10-8-9-33(42-34)39(3,4)50/h6,8-14,29,50H,2,5,7,15-28H2,1,3-4H3,(H,40,41,43). The highest BCUT2D eigenvalue weighted by atomic mass is 16.6.